The molecule has 0 aromatic rings. The fourth-order valence-corrected chi connectivity index (χ4v) is 1.75. The van der Waals surface area contributed by atoms with Crippen molar-refractivity contribution in [2.24, 2.45) is 5.11 Å². The second-order valence-corrected chi connectivity index (χ2v) is 3.59. The maximum Gasteiger partial charge on any atom is 0.0701 e. The molecule has 0 aromatic heterocycles. The number of rotatable bonds is 6. The van der Waals surface area contributed by atoms with E-state index in [1.54, 1.807) is 0 Å². The van der Waals surface area contributed by atoms with E-state index in [-0.39, 0.29) is 12.7 Å². The fourth-order valence-electron chi connectivity index (χ4n) is 1.75. The first-order valence-electron chi connectivity index (χ1n) is 5.32. The molecule has 0 atom stereocenters. The van der Waals surface area contributed by atoms with E-state index in [9.17, 15) is 0 Å². The molecule has 1 aliphatic rings. The quantitative estimate of drug-likeness (QED) is 0.403. The standard InChI is InChI=1S/C9H18N4O2/c10-12-11-3-6-13-4-1-9(2-5-13)15-8-7-14/h9,14H,1-8H2. The van der Waals surface area contributed by atoms with Crippen molar-refractivity contribution in [2.75, 3.05) is 39.4 Å². The van der Waals surface area contributed by atoms with Gasteiger partial charge in [0.1, 0.15) is 0 Å². The molecule has 1 N–H and O–H groups in total. The molecule has 6 heteroatoms. The summed E-state index contributed by atoms with van der Waals surface area (Å²) in [6.07, 6.45) is 2.28. The molecule has 6 nitrogen and oxygen atoms in total. The van der Waals surface area contributed by atoms with Crippen LogP contribution in [-0.4, -0.2) is 55.5 Å². The number of hydrogen-bond acceptors (Lipinski definition) is 4. The molecule has 0 radical (unpaired) electrons. The van der Waals surface area contributed by atoms with Gasteiger partial charge in [0.2, 0.25) is 0 Å². The lowest BCUT2D eigenvalue weighted by molar-refractivity contribution is -0.00717. The number of ether oxygens (including phenoxy) is 1. The first kappa shape index (κ1) is 12.3. The van der Waals surface area contributed by atoms with E-state index < -0.39 is 0 Å². The number of azide groups is 1. The highest BCUT2D eigenvalue weighted by Gasteiger charge is 2.18. The van der Waals surface area contributed by atoms with Gasteiger partial charge in [0, 0.05) is 31.1 Å². The molecule has 15 heavy (non-hydrogen) atoms. The topological polar surface area (TPSA) is 81.5 Å². The largest absolute Gasteiger partial charge is 0.394 e. The average molecular weight is 214 g/mol. The molecule has 0 amide bonds. The van der Waals surface area contributed by atoms with Gasteiger partial charge in [0.25, 0.3) is 0 Å². The lowest BCUT2D eigenvalue weighted by Crippen LogP contribution is -2.38. The third-order valence-corrected chi connectivity index (χ3v) is 2.56. The van der Waals surface area contributed by atoms with Gasteiger partial charge in [-0.25, -0.2) is 0 Å². The predicted molar refractivity (Wildman–Crippen MR) is 56.5 cm³/mol. The van der Waals surface area contributed by atoms with Crippen molar-refractivity contribution < 1.29 is 9.84 Å². The molecule has 86 valence electrons. The van der Waals surface area contributed by atoms with E-state index in [2.05, 4.69) is 14.9 Å². The van der Waals surface area contributed by atoms with Crippen LogP contribution in [0, 0.1) is 0 Å². The van der Waals surface area contributed by atoms with Crippen molar-refractivity contribution in [3.63, 3.8) is 0 Å². The van der Waals surface area contributed by atoms with Gasteiger partial charge >= 0.3 is 0 Å². The van der Waals surface area contributed by atoms with E-state index in [1.807, 2.05) is 0 Å². The highest BCUT2D eigenvalue weighted by atomic mass is 16.5. The number of hydrogen-bond donors (Lipinski definition) is 1. The summed E-state index contributed by atoms with van der Waals surface area (Å²) in [6, 6.07) is 0. The molecule has 0 bridgehead atoms. The molecular weight excluding hydrogens is 196 g/mol. The molecule has 0 spiro atoms. The molecule has 1 heterocycles. The zero-order valence-corrected chi connectivity index (χ0v) is 8.88. The van der Waals surface area contributed by atoms with E-state index >= 15 is 0 Å². The lowest BCUT2D eigenvalue weighted by atomic mass is 10.1. The number of aliphatic hydroxyl groups excluding tert-OH is 1. The van der Waals surface area contributed by atoms with Crippen molar-refractivity contribution in [1.29, 1.82) is 0 Å². The van der Waals surface area contributed by atoms with Gasteiger partial charge in [-0.15, -0.1) is 0 Å². The van der Waals surface area contributed by atoms with Gasteiger partial charge in [0.15, 0.2) is 0 Å². The SMILES string of the molecule is [N-]=[N+]=NCCN1CCC(OCCO)CC1. The summed E-state index contributed by atoms with van der Waals surface area (Å²) in [5.41, 5.74) is 8.13. The van der Waals surface area contributed by atoms with Gasteiger partial charge in [-0.3, -0.25) is 0 Å². The summed E-state index contributed by atoms with van der Waals surface area (Å²) < 4.78 is 5.45. The molecule has 1 fully saturated rings. The maximum atomic E-state index is 8.61. The van der Waals surface area contributed by atoms with Crippen LogP contribution in [0.15, 0.2) is 5.11 Å². The van der Waals surface area contributed by atoms with Crippen LogP contribution in [0.4, 0.5) is 0 Å². The Bertz CT molecular complexity index is 210. The minimum atomic E-state index is 0.0943. The van der Waals surface area contributed by atoms with E-state index in [1.165, 1.54) is 0 Å². The Morgan fingerprint density at radius 3 is 2.80 bits per heavy atom. The van der Waals surface area contributed by atoms with Gasteiger partial charge in [-0.2, -0.15) is 0 Å². The normalized spacial score (nSPS) is 18.7. The highest BCUT2D eigenvalue weighted by molar-refractivity contribution is 4.73. The first-order valence-corrected chi connectivity index (χ1v) is 5.32. The number of likely N-dealkylation sites (tertiary alicyclic amines) is 1. The van der Waals surface area contributed by atoms with Crippen molar-refractivity contribution >= 4 is 0 Å². The van der Waals surface area contributed by atoms with E-state index in [4.69, 9.17) is 15.4 Å². The van der Waals surface area contributed by atoms with E-state index in [0.717, 1.165) is 32.5 Å². The third-order valence-electron chi connectivity index (χ3n) is 2.56. The van der Waals surface area contributed by atoms with Crippen molar-refractivity contribution in [2.45, 2.75) is 18.9 Å². The van der Waals surface area contributed by atoms with Crippen molar-refractivity contribution in [3.8, 4) is 0 Å². The molecule has 1 aliphatic heterocycles. The molecule has 0 unspecified atom stereocenters. The summed E-state index contributed by atoms with van der Waals surface area (Å²) in [5.74, 6) is 0. The fraction of sp³-hybridized carbons (Fsp3) is 1.00. The first-order chi connectivity index (χ1) is 7.36. The third kappa shape index (κ3) is 4.99. The number of piperidine rings is 1. The van der Waals surface area contributed by atoms with Crippen LogP contribution in [0.3, 0.4) is 0 Å². The van der Waals surface area contributed by atoms with Crippen molar-refractivity contribution in [3.05, 3.63) is 10.4 Å². The molecule has 0 aliphatic carbocycles. The smallest absolute Gasteiger partial charge is 0.0701 e. The average Bonchev–Trinajstić information content (AvgIpc) is 2.28. The van der Waals surface area contributed by atoms with Crippen LogP contribution in [0.2, 0.25) is 0 Å². The zero-order chi connectivity index (χ0) is 10.9. The molecule has 1 saturated heterocycles. The van der Waals surface area contributed by atoms with Crippen LogP contribution in [0.25, 0.3) is 10.4 Å². The zero-order valence-electron chi connectivity index (χ0n) is 8.88. The monoisotopic (exact) mass is 214 g/mol. The summed E-state index contributed by atoms with van der Waals surface area (Å²) in [5, 5.41) is 12.1. The Morgan fingerprint density at radius 1 is 1.47 bits per heavy atom. The Hall–Kier alpha value is -0.810. The Labute approximate surface area is 89.5 Å². The molecule has 0 saturated carbocycles. The van der Waals surface area contributed by atoms with Gasteiger partial charge in [-0.1, -0.05) is 5.11 Å². The van der Waals surface area contributed by atoms with Crippen LogP contribution >= 0.6 is 0 Å². The summed E-state index contributed by atoms with van der Waals surface area (Å²) in [6.45, 7) is 3.87. The second-order valence-electron chi connectivity index (χ2n) is 3.59. The second kappa shape index (κ2) is 7.48. The number of nitrogens with zero attached hydrogens (tertiary/aromatic N) is 4. The Morgan fingerprint density at radius 2 is 2.20 bits per heavy atom. The maximum absolute atomic E-state index is 8.61. The van der Waals surface area contributed by atoms with Crippen LogP contribution in [0.1, 0.15) is 12.8 Å². The number of aliphatic hydroxyl groups is 1. The molecular formula is C9H18N4O2. The van der Waals surface area contributed by atoms with E-state index in [0.29, 0.717) is 13.2 Å². The minimum Gasteiger partial charge on any atom is -0.394 e. The van der Waals surface area contributed by atoms with Gasteiger partial charge in [-0.05, 0) is 18.4 Å². The molecule has 0 aromatic carbocycles. The van der Waals surface area contributed by atoms with Crippen molar-refractivity contribution in [1.82, 2.24) is 4.90 Å². The summed E-state index contributed by atoms with van der Waals surface area (Å²) >= 11 is 0. The van der Waals surface area contributed by atoms with Gasteiger partial charge < -0.3 is 14.7 Å². The highest BCUT2D eigenvalue weighted by Crippen LogP contribution is 2.12. The van der Waals surface area contributed by atoms with Crippen LogP contribution in [-0.2, 0) is 4.74 Å². The Balaban J connectivity index is 2.09. The minimum absolute atomic E-state index is 0.0943. The van der Waals surface area contributed by atoms with Crippen LogP contribution < -0.4 is 0 Å². The summed E-state index contributed by atoms with van der Waals surface area (Å²) in [4.78, 5) is 4.99. The van der Waals surface area contributed by atoms with Crippen LogP contribution in [0.5, 0.6) is 0 Å². The molecule has 1 rings (SSSR count). The Kier molecular flexibility index (Phi) is 6.11. The predicted octanol–water partition coefficient (Wildman–Crippen LogP) is 0.770. The van der Waals surface area contributed by atoms with Gasteiger partial charge in [0.05, 0.1) is 19.3 Å². The summed E-state index contributed by atoms with van der Waals surface area (Å²) in [7, 11) is 0. The lowest BCUT2D eigenvalue weighted by Gasteiger charge is -2.31.